The summed E-state index contributed by atoms with van der Waals surface area (Å²) in [5.41, 5.74) is 3.82. The second-order valence-electron chi connectivity index (χ2n) is 9.42. The van der Waals surface area contributed by atoms with Crippen molar-refractivity contribution in [2.24, 2.45) is 0 Å². The highest BCUT2D eigenvalue weighted by molar-refractivity contribution is 6.11. The number of allylic oxidation sites excluding steroid dienone is 1. The molecule has 0 heterocycles. The van der Waals surface area contributed by atoms with Crippen LogP contribution in [0.25, 0.3) is 12.2 Å². The van der Waals surface area contributed by atoms with E-state index in [2.05, 4.69) is 10.6 Å². The summed E-state index contributed by atoms with van der Waals surface area (Å²) in [6.07, 6.45) is 4.81. The van der Waals surface area contributed by atoms with Gasteiger partial charge in [-0.05, 0) is 84.3 Å². The van der Waals surface area contributed by atoms with Gasteiger partial charge in [-0.1, -0.05) is 48.5 Å². The van der Waals surface area contributed by atoms with Crippen molar-refractivity contribution in [3.8, 4) is 17.2 Å². The first-order valence-corrected chi connectivity index (χ1v) is 13.4. The first kappa shape index (κ1) is 30.3. The molecule has 0 atom stereocenters. The minimum Gasteiger partial charge on any atom is -0.493 e. The normalized spacial score (nSPS) is 11.1. The molecule has 0 bridgehead atoms. The van der Waals surface area contributed by atoms with Gasteiger partial charge in [-0.15, -0.1) is 0 Å². The SMILES string of the molecule is COc1cc(/C=C(\NC(=O)c2ccccc2)C(=O)Nc2ccc(C(=O)/C=C/c3ccccc3C)cc2)cc(OC)c1OC. The molecule has 2 N–H and O–H groups in total. The Kier molecular flexibility index (Phi) is 10.1. The van der Waals surface area contributed by atoms with Gasteiger partial charge in [0, 0.05) is 16.8 Å². The molecule has 0 aromatic heterocycles. The molecule has 0 saturated carbocycles. The summed E-state index contributed by atoms with van der Waals surface area (Å²) in [4.78, 5) is 39.2. The van der Waals surface area contributed by atoms with Crippen LogP contribution in [0, 0.1) is 6.92 Å². The maximum atomic E-state index is 13.5. The van der Waals surface area contributed by atoms with Crippen molar-refractivity contribution >= 4 is 35.4 Å². The fourth-order valence-corrected chi connectivity index (χ4v) is 4.25. The number of hydrogen-bond donors (Lipinski definition) is 2. The Morgan fingerprint density at radius 1 is 0.721 bits per heavy atom. The number of nitrogens with one attached hydrogen (secondary N) is 2. The van der Waals surface area contributed by atoms with Crippen LogP contribution in [0.1, 0.15) is 37.4 Å². The average molecular weight is 577 g/mol. The monoisotopic (exact) mass is 576 g/mol. The molecule has 0 spiro atoms. The van der Waals surface area contributed by atoms with Crippen molar-refractivity contribution in [2.75, 3.05) is 26.6 Å². The second kappa shape index (κ2) is 14.3. The summed E-state index contributed by atoms with van der Waals surface area (Å²) in [5, 5.41) is 5.50. The zero-order valence-corrected chi connectivity index (χ0v) is 24.3. The molecule has 8 heteroatoms. The summed E-state index contributed by atoms with van der Waals surface area (Å²) in [6.45, 7) is 1.98. The largest absolute Gasteiger partial charge is 0.493 e. The first-order chi connectivity index (χ1) is 20.8. The molecule has 8 nitrogen and oxygen atoms in total. The minimum absolute atomic E-state index is 0.0237. The van der Waals surface area contributed by atoms with Crippen LogP contribution in [0.5, 0.6) is 17.2 Å². The Bertz CT molecular complexity index is 1650. The highest BCUT2D eigenvalue weighted by Gasteiger charge is 2.18. The molecule has 2 amide bonds. The summed E-state index contributed by atoms with van der Waals surface area (Å²) in [6, 6.07) is 26.2. The van der Waals surface area contributed by atoms with Crippen LogP contribution in [-0.4, -0.2) is 38.9 Å². The Hall–Kier alpha value is -5.63. The highest BCUT2D eigenvalue weighted by Crippen LogP contribution is 2.38. The number of carbonyl (C=O) groups is 3. The van der Waals surface area contributed by atoms with E-state index in [1.165, 1.54) is 33.5 Å². The Balaban J connectivity index is 1.58. The van der Waals surface area contributed by atoms with Gasteiger partial charge in [0.25, 0.3) is 11.8 Å². The number of hydrogen-bond acceptors (Lipinski definition) is 6. The summed E-state index contributed by atoms with van der Waals surface area (Å²) in [5.74, 6) is -0.0329. The molecular weight excluding hydrogens is 544 g/mol. The number of benzene rings is 4. The summed E-state index contributed by atoms with van der Waals surface area (Å²) < 4.78 is 16.3. The lowest BCUT2D eigenvalue weighted by molar-refractivity contribution is -0.113. The number of carbonyl (C=O) groups excluding carboxylic acids is 3. The van der Waals surface area contributed by atoms with E-state index in [0.717, 1.165) is 11.1 Å². The molecule has 0 unspecified atom stereocenters. The van der Waals surface area contributed by atoms with Crippen LogP contribution < -0.4 is 24.8 Å². The second-order valence-corrected chi connectivity index (χ2v) is 9.42. The Morgan fingerprint density at radius 2 is 1.35 bits per heavy atom. The van der Waals surface area contributed by atoms with E-state index in [4.69, 9.17) is 14.2 Å². The third-order valence-corrected chi connectivity index (χ3v) is 6.56. The molecule has 4 aromatic carbocycles. The third kappa shape index (κ3) is 7.77. The standard InChI is InChI=1S/C35H32N2O6/c1-23-10-8-9-11-25(23)16-19-30(38)26-14-17-28(18-15-26)36-35(40)29(37-34(39)27-12-6-5-7-13-27)20-24-21-31(41-2)33(43-4)32(22-24)42-3/h5-22H,1-4H3,(H,36,40)(H,37,39)/b19-16+,29-20-. The highest BCUT2D eigenvalue weighted by atomic mass is 16.5. The molecule has 0 radical (unpaired) electrons. The van der Waals surface area contributed by atoms with Gasteiger partial charge in [0.2, 0.25) is 5.75 Å². The van der Waals surface area contributed by atoms with Crippen LogP contribution in [0.2, 0.25) is 0 Å². The van der Waals surface area contributed by atoms with Crippen molar-refractivity contribution in [3.63, 3.8) is 0 Å². The molecule has 4 aromatic rings. The number of methoxy groups -OCH3 is 3. The van der Waals surface area contributed by atoms with Gasteiger partial charge >= 0.3 is 0 Å². The minimum atomic E-state index is -0.573. The molecule has 0 saturated heterocycles. The topological polar surface area (TPSA) is 103 Å². The van der Waals surface area contributed by atoms with Crippen LogP contribution in [0.4, 0.5) is 5.69 Å². The van der Waals surface area contributed by atoms with Crippen molar-refractivity contribution in [2.45, 2.75) is 6.92 Å². The van der Waals surface area contributed by atoms with Gasteiger partial charge in [-0.25, -0.2) is 0 Å². The number of rotatable bonds is 11. The molecular formula is C35H32N2O6. The molecule has 0 fully saturated rings. The van der Waals surface area contributed by atoms with Gasteiger partial charge in [0.1, 0.15) is 5.70 Å². The predicted octanol–water partition coefficient (Wildman–Crippen LogP) is 6.33. The molecule has 218 valence electrons. The van der Waals surface area contributed by atoms with E-state index < -0.39 is 11.8 Å². The maximum Gasteiger partial charge on any atom is 0.272 e. The molecule has 4 rings (SSSR count). The van der Waals surface area contributed by atoms with Crippen LogP contribution >= 0.6 is 0 Å². The quantitative estimate of drug-likeness (QED) is 0.160. The van der Waals surface area contributed by atoms with Crippen molar-refractivity contribution in [1.29, 1.82) is 0 Å². The Labute approximate surface area is 250 Å². The van der Waals surface area contributed by atoms with Gasteiger partial charge in [0.05, 0.1) is 21.3 Å². The molecule has 0 aliphatic rings. The van der Waals surface area contributed by atoms with E-state index in [1.807, 2.05) is 31.2 Å². The summed E-state index contributed by atoms with van der Waals surface area (Å²) >= 11 is 0. The smallest absolute Gasteiger partial charge is 0.272 e. The fourth-order valence-electron chi connectivity index (χ4n) is 4.25. The van der Waals surface area contributed by atoms with Gasteiger partial charge in [0.15, 0.2) is 17.3 Å². The van der Waals surface area contributed by atoms with E-state index in [-0.39, 0.29) is 11.5 Å². The van der Waals surface area contributed by atoms with Crippen LogP contribution in [0.3, 0.4) is 0 Å². The summed E-state index contributed by atoms with van der Waals surface area (Å²) in [7, 11) is 4.47. The van der Waals surface area contributed by atoms with E-state index in [0.29, 0.717) is 39.6 Å². The van der Waals surface area contributed by atoms with Crippen LogP contribution in [-0.2, 0) is 4.79 Å². The predicted molar refractivity (Wildman–Crippen MR) is 168 cm³/mol. The number of anilines is 1. The van der Waals surface area contributed by atoms with Gasteiger partial charge in [-0.2, -0.15) is 0 Å². The lowest BCUT2D eigenvalue weighted by Gasteiger charge is -2.14. The first-order valence-electron chi connectivity index (χ1n) is 13.4. The zero-order chi connectivity index (χ0) is 30.8. The zero-order valence-electron chi connectivity index (χ0n) is 24.3. The van der Waals surface area contributed by atoms with E-state index in [1.54, 1.807) is 72.8 Å². The maximum absolute atomic E-state index is 13.5. The van der Waals surface area contributed by atoms with Crippen molar-refractivity contribution in [3.05, 3.63) is 131 Å². The van der Waals surface area contributed by atoms with Crippen molar-refractivity contribution in [1.82, 2.24) is 5.32 Å². The van der Waals surface area contributed by atoms with Gasteiger partial charge in [-0.3, -0.25) is 14.4 Å². The van der Waals surface area contributed by atoms with E-state index >= 15 is 0 Å². The van der Waals surface area contributed by atoms with Crippen molar-refractivity contribution < 1.29 is 28.6 Å². The molecule has 0 aliphatic heterocycles. The van der Waals surface area contributed by atoms with E-state index in [9.17, 15) is 14.4 Å². The molecule has 0 aliphatic carbocycles. The van der Waals surface area contributed by atoms with Crippen LogP contribution in [0.15, 0.2) is 103 Å². The number of ketones is 1. The average Bonchev–Trinajstić information content (AvgIpc) is 3.04. The lowest BCUT2D eigenvalue weighted by Crippen LogP contribution is -2.30. The number of aryl methyl sites for hydroxylation is 1. The lowest BCUT2D eigenvalue weighted by atomic mass is 10.1. The number of amides is 2. The molecule has 43 heavy (non-hydrogen) atoms. The number of ether oxygens (including phenoxy) is 3. The third-order valence-electron chi connectivity index (χ3n) is 6.56. The van der Waals surface area contributed by atoms with Gasteiger partial charge < -0.3 is 24.8 Å². The fraction of sp³-hybridized carbons (Fsp3) is 0.114. The Morgan fingerprint density at radius 3 is 1.95 bits per heavy atom.